The standard InChI is InChI=1S/C19H24N6O2/c1-26-17(27-2)9-15-18(22-12-23-19(15)21)14-10-24-25(11-14)16(7-8-20)13-5-3-4-6-13/h7,10-13,17H,3-6,9H2,1-2H3,(H2,21,22,23)/b16-7-. The van der Waals surface area contributed by atoms with Crippen molar-refractivity contribution < 1.29 is 9.47 Å². The molecule has 2 aromatic heterocycles. The van der Waals surface area contributed by atoms with Crippen molar-refractivity contribution in [1.82, 2.24) is 19.7 Å². The van der Waals surface area contributed by atoms with Gasteiger partial charge in [-0.3, -0.25) is 0 Å². The summed E-state index contributed by atoms with van der Waals surface area (Å²) in [6, 6.07) is 2.15. The van der Waals surface area contributed by atoms with Gasteiger partial charge in [0.15, 0.2) is 6.29 Å². The molecule has 8 heteroatoms. The van der Waals surface area contributed by atoms with Crippen LogP contribution >= 0.6 is 0 Å². The Kier molecular flexibility index (Phi) is 6.16. The Hall–Kier alpha value is -2.76. The van der Waals surface area contributed by atoms with E-state index in [2.05, 4.69) is 21.1 Å². The Morgan fingerprint density at radius 2 is 2.11 bits per heavy atom. The summed E-state index contributed by atoms with van der Waals surface area (Å²) in [5.41, 5.74) is 9.26. The van der Waals surface area contributed by atoms with Gasteiger partial charge in [0.1, 0.15) is 12.1 Å². The van der Waals surface area contributed by atoms with Crippen molar-refractivity contribution in [2.75, 3.05) is 20.0 Å². The van der Waals surface area contributed by atoms with Crippen LogP contribution in [0.3, 0.4) is 0 Å². The molecule has 1 saturated carbocycles. The molecule has 0 unspecified atom stereocenters. The maximum atomic E-state index is 9.18. The number of nitrogens with two attached hydrogens (primary N) is 1. The number of nitrogen functional groups attached to an aromatic ring is 1. The Morgan fingerprint density at radius 3 is 2.78 bits per heavy atom. The van der Waals surface area contributed by atoms with Crippen molar-refractivity contribution >= 4 is 11.5 Å². The summed E-state index contributed by atoms with van der Waals surface area (Å²) in [6.45, 7) is 0. The minimum absolute atomic E-state index is 0.360. The fourth-order valence-electron chi connectivity index (χ4n) is 3.55. The van der Waals surface area contributed by atoms with Crippen LogP contribution in [0.15, 0.2) is 24.8 Å². The van der Waals surface area contributed by atoms with Gasteiger partial charge in [-0.15, -0.1) is 0 Å². The quantitative estimate of drug-likeness (QED) is 0.590. The van der Waals surface area contributed by atoms with Gasteiger partial charge in [-0.25, -0.2) is 14.6 Å². The third kappa shape index (κ3) is 4.15. The molecule has 1 aliphatic carbocycles. The van der Waals surface area contributed by atoms with Crippen LogP contribution in [0.1, 0.15) is 31.2 Å². The molecular weight excluding hydrogens is 344 g/mol. The Labute approximate surface area is 158 Å². The van der Waals surface area contributed by atoms with Crippen molar-refractivity contribution in [3.8, 4) is 17.3 Å². The molecule has 0 atom stereocenters. The number of methoxy groups -OCH3 is 2. The number of ether oxygens (including phenoxy) is 2. The Morgan fingerprint density at radius 1 is 1.37 bits per heavy atom. The van der Waals surface area contributed by atoms with E-state index >= 15 is 0 Å². The molecule has 2 N–H and O–H groups in total. The van der Waals surface area contributed by atoms with Crippen molar-refractivity contribution in [3.63, 3.8) is 0 Å². The number of nitrogens with zero attached hydrogens (tertiary/aromatic N) is 5. The van der Waals surface area contributed by atoms with Gasteiger partial charge in [0.2, 0.25) is 0 Å². The normalized spacial score (nSPS) is 15.4. The topological polar surface area (TPSA) is 112 Å². The largest absolute Gasteiger partial charge is 0.383 e. The monoisotopic (exact) mass is 368 g/mol. The molecule has 3 rings (SSSR count). The molecule has 0 bridgehead atoms. The first-order valence-corrected chi connectivity index (χ1v) is 8.98. The van der Waals surface area contributed by atoms with Crippen LogP contribution in [-0.2, 0) is 15.9 Å². The molecule has 0 amide bonds. The predicted molar refractivity (Wildman–Crippen MR) is 101 cm³/mol. The molecule has 27 heavy (non-hydrogen) atoms. The van der Waals surface area contributed by atoms with E-state index in [1.165, 1.54) is 19.2 Å². The van der Waals surface area contributed by atoms with E-state index in [0.29, 0.717) is 23.9 Å². The zero-order valence-corrected chi connectivity index (χ0v) is 15.6. The molecule has 0 radical (unpaired) electrons. The van der Waals surface area contributed by atoms with E-state index in [1.807, 2.05) is 6.20 Å². The lowest BCUT2D eigenvalue weighted by Gasteiger charge is -2.16. The van der Waals surface area contributed by atoms with E-state index in [9.17, 15) is 5.26 Å². The second-order valence-electron chi connectivity index (χ2n) is 6.54. The summed E-state index contributed by atoms with van der Waals surface area (Å²) in [5, 5.41) is 13.7. The molecule has 142 valence electrons. The van der Waals surface area contributed by atoms with E-state index < -0.39 is 6.29 Å². The third-order valence-electron chi connectivity index (χ3n) is 4.98. The number of hydrogen-bond acceptors (Lipinski definition) is 7. The maximum absolute atomic E-state index is 9.18. The van der Waals surface area contributed by atoms with Crippen LogP contribution in [0.25, 0.3) is 17.0 Å². The second-order valence-corrected chi connectivity index (χ2v) is 6.54. The zero-order valence-electron chi connectivity index (χ0n) is 15.6. The summed E-state index contributed by atoms with van der Waals surface area (Å²) < 4.78 is 12.4. The summed E-state index contributed by atoms with van der Waals surface area (Å²) in [7, 11) is 3.15. The molecule has 0 spiro atoms. The molecule has 0 aliphatic heterocycles. The molecule has 8 nitrogen and oxygen atoms in total. The lowest BCUT2D eigenvalue weighted by molar-refractivity contribution is -0.100. The van der Waals surface area contributed by atoms with Gasteiger partial charge in [-0.2, -0.15) is 10.4 Å². The van der Waals surface area contributed by atoms with Crippen LogP contribution in [0.5, 0.6) is 0 Å². The van der Waals surface area contributed by atoms with E-state index in [-0.39, 0.29) is 0 Å². The fraction of sp³-hybridized carbons (Fsp3) is 0.474. The number of nitriles is 1. The van der Waals surface area contributed by atoms with Gasteiger partial charge in [-0.05, 0) is 12.8 Å². The molecule has 0 aromatic carbocycles. The van der Waals surface area contributed by atoms with Crippen LogP contribution in [0.4, 0.5) is 5.82 Å². The zero-order chi connectivity index (χ0) is 19.2. The molecule has 2 aromatic rings. The number of hydrogen-bond donors (Lipinski definition) is 1. The number of rotatable bonds is 7. The van der Waals surface area contributed by atoms with Gasteiger partial charge in [-0.1, -0.05) is 12.8 Å². The fourth-order valence-corrected chi connectivity index (χ4v) is 3.55. The third-order valence-corrected chi connectivity index (χ3v) is 4.98. The van der Waals surface area contributed by atoms with Gasteiger partial charge < -0.3 is 15.2 Å². The summed E-state index contributed by atoms with van der Waals surface area (Å²) >= 11 is 0. The molecular formula is C19H24N6O2. The maximum Gasteiger partial charge on any atom is 0.161 e. The van der Waals surface area contributed by atoms with Gasteiger partial charge in [0.25, 0.3) is 0 Å². The van der Waals surface area contributed by atoms with Gasteiger partial charge in [0, 0.05) is 50.0 Å². The molecule has 1 aliphatic rings. The smallest absolute Gasteiger partial charge is 0.161 e. The number of aromatic nitrogens is 4. The van der Waals surface area contributed by atoms with E-state index in [0.717, 1.165) is 29.7 Å². The number of anilines is 1. The highest BCUT2D eigenvalue weighted by Gasteiger charge is 2.23. The first-order chi connectivity index (χ1) is 13.2. The second kappa shape index (κ2) is 8.75. The van der Waals surface area contributed by atoms with Crippen molar-refractivity contribution in [2.45, 2.75) is 38.4 Å². The van der Waals surface area contributed by atoms with Crippen molar-refractivity contribution in [2.24, 2.45) is 5.92 Å². The molecule has 0 saturated heterocycles. The highest BCUT2D eigenvalue weighted by molar-refractivity contribution is 5.67. The lowest BCUT2D eigenvalue weighted by atomic mass is 10.0. The molecule has 2 heterocycles. The first kappa shape index (κ1) is 19.0. The lowest BCUT2D eigenvalue weighted by Crippen LogP contribution is -2.18. The highest BCUT2D eigenvalue weighted by atomic mass is 16.7. The van der Waals surface area contributed by atoms with Gasteiger partial charge in [0.05, 0.1) is 23.7 Å². The van der Waals surface area contributed by atoms with E-state index in [4.69, 9.17) is 15.2 Å². The Bertz CT molecular complexity index is 844. The van der Waals surface area contributed by atoms with Crippen LogP contribution in [-0.4, -0.2) is 40.3 Å². The van der Waals surface area contributed by atoms with Gasteiger partial charge >= 0.3 is 0 Å². The van der Waals surface area contributed by atoms with Crippen LogP contribution in [0, 0.1) is 17.2 Å². The average molecular weight is 368 g/mol. The van der Waals surface area contributed by atoms with Crippen LogP contribution in [0.2, 0.25) is 0 Å². The number of allylic oxidation sites excluding steroid dienone is 2. The predicted octanol–water partition coefficient (Wildman–Crippen LogP) is 2.64. The minimum Gasteiger partial charge on any atom is -0.383 e. The Balaban J connectivity index is 1.95. The minimum atomic E-state index is -0.445. The van der Waals surface area contributed by atoms with Crippen LogP contribution < -0.4 is 5.73 Å². The van der Waals surface area contributed by atoms with Crippen molar-refractivity contribution in [3.05, 3.63) is 30.4 Å². The summed E-state index contributed by atoms with van der Waals surface area (Å²) in [6.07, 6.45) is 11.2. The van der Waals surface area contributed by atoms with E-state index in [1.54, 1.807) is 31.2 Å². The summed E-state index contributed by atoms with van der Waals surface area (Å²) in [5.74, 6) is 0.745. The average Bonchev–Trinajstić information content (AvgIpc) is 3.37. The van der Waals surface area contributed by atoms with Crippen molar-refractivity contribution in [1.29, 1.82) is 5.26 Å². The SMILES string of the molecule is COC(Cc1c(N)ncnc1-c1cnn(/C(=C\C#N)C2CCCC2)c1)OC. The molecule has 1 fully saturated rings. The first-order valence-electron chi connectivity index (χ1n) is 8.98. The highest BCUT2D eigenvalue weighted by Crippen LogP contribution is 2.34. The summed E-state index contributed by atoms with van der Waals surface area (Å²) in [4.78, 5) is 8.50.